The van der Waals surface area contributed by atoms with E-state index >= 15 is 0 Å². The molecule has 3 N–H and O–H groups in total. The van der Waals surface area contributed by atoms with Crippen molar-refractivity contribution in [2.75, 3.05) is 29.0 Å². The molecule has 1 saturated heterocycles. The highest BCUT2D eigenvalue weighted by Gasteiger charge is 2.43. The smallest absolute Gasteiger partial charge is 0.248 e. The van der Waals surface area contributed by atoms with E-state index in [9.17, 15) is 13.6 Å². The number of hydrogen-bond acceptors (Lipinski definition) is 7. The van der Waals surface area contributed by atoms with Crippen molar-refractivity contribution in [3.05, 3.63) is 53.7 Å². The Morgan fingerprint density at radius 3 is 2.64 bits per heavy atom. The Labute approximate surface area is 189 Å². The molecule has 0 unspecified atom stereocenters. The van der Waals surface area contributed by atoms with E-state index in [-0.39, 0.29) is 11.8 Å². The van der Waals surface area contributed by atoms with E-state index in [0.29, 0.717) is 35.9 Å². The Morgan fingerprint density at radius 1 is 1.15 bits per heavy atom. The zero-order chi connectivity index (χ0) is 23.3. The SMILES string of the molecule is CC1(C)C(=O)Nc2ncnc(N3CCC(c4nc(-c5cnc(F)c(F)c5)ccc4N)CC3)c21. The lowest BCUT2D eigenvalue weighted by atomic mass is 9.86. The average Bonchev–Trinajstić information content (AvgIpc) is 3.04. The van der Waals surface area contributed by atoms with Gasteiger partial charge in [0.1, 0.15) is 18.0 Å². The summed E-state index contributed by atoms with van der Waals surface area (Å²) < 4.78 is 26.9. The van der Waals surface area contributed by atoms with Crippen LogP contribution in [-0.4, -0.2) is 38.9 Å². The molecule has 33 heavy (non-hydrogen) atoms. The second-order valence-electron chi connectivity index (χ2n) is 8.93. The van der Waals surface area contributed by atoms with Crippen LogP contribution in [0.25, 0.3) is 11.3 Å². The zero-order valence-corrected chi connectivity index (χ0v) is 18.3. The monoisotopic (exact) mass is 451 g/mol. The number of carbonyl (C=O) groups excluding carboxylic acids is 1. The van der Waals surface area contributed by atoms with Crippen molar-refractivity contribution in [2.45, 2.75) is 38.0 Å². The Kier molecular flexibility index (Phi) is 4.95. The van der Waals surface area contributed by atoms with Gasteiger partial charge in [0.05, 0.1) is 28.1 Å². The van der Waals surface area contributed by atoms with Crippen molar-refractivity contribution in [3.8, 4) is 11.3 Å². The number of rotatable bonds is 3. The molecule has 170 valence electrons. The lowest BCUT2D eigenvalue weighted by molar-refractivity contribution is -0.119. The minimum absolute atomic E-state index is 0.0883. The van der Waals surface area contributed by atoms with Gasteiger partial charge >= 0.3 is 0 Å². The largest absolute Gasteiger partial charge is 0.397 e. The lowest BCUT2D eigenvalue weighted by Gasteiger charge is -2.35. The van der Waals surface area contributed by atoms with Crippen LogP contribution < -0.4 is 16.0 Å². The number of aromatic nitrogens is 4. The highest BCUT2D eigenvalue weighted by molar-refractivity contribution is 6.06. The molecule has 1 amide bonds. The lowest BCUT2D eigenvalue weighted by Crippen LogP contribution is -2.36. The van der Waals surface area contributed by atoms with Gasteiger partial charge < -0.3 is 16.0 Å². The number of halogens is 2. The minimum atomic E-state index is -1.14. The number of hydrogen-bond donors (Lipinski definition) is 2. The van der Waals surface area contributed by atoms with Crippen LogP contribution in [0, 0.1) is 11.8 Å². The summed E-state index contributed by atoms with van der Waals surface area (Å²) in [6.07, 6.45) is 4.28. The van der Waals surface area contributed by atoms with E-state index in [0.717, 1.165) is 36.0 Å². The molecule has 3 aromatic rings. The van der Waals surface area contributed by atoms with Gasteiger partial charge in [-0.3, -0.25) is 9.78 Å². The number of nitrogens with zero attached hydrogens (tertiary/aromatic N) is 5. The van der Waals surface area contributed by atoms with Crippen molar-refractivity contribution in [2.24, 2.45) is 0 Å². The number of nitrogens with one attached hydrogen (secondary N) is 1. The first-order valence-corrected chi connectivity index (χ1v) is 10.8. The van der Waals surface area contributed by atoms with Gasteiger partial charge in [-0.15, -0.1) is 0 Å². The van der Waals surface area contributed by atoms with Gasteiger partial charge in [0.2, 0.25) is 11.9 Å². The molecule has 0 spiro atoms. The van der Waals surface area contributed by atoms with Crippen LogP contribution in [0.3, 0.4) is 0 Å². The van der Waals surface area contributed by atoms with E-state index in [1.54, 1.807) is 12.1 Å². The summed E-state index contributed by atoms with van der Waals surface area (Å²) in [5.74, 6) is -0.815. The maximum absolute atomic E-state index is 13.6. The van der Waals surface area contributed by atoms with Gasteiger partial charge in [-0.25, -0.2) is 19.3 Å². The molecule has 2 aliphatic rings. The van der Waals surface area contributed by atoms with Crippen molar-refractivity contribution in [1.29, 1.82) is 0 Å². The molecule has 5 rings (SSSR count). The van der Waals surface area contributed by atoms with Crippen molar-refractivity contribution < 1.29 is 13.6 Å². The fraction of sp³-hybridized carbons (Fsp3) is 0.348. The van der Waals surface area contributed by atoms with E-state index in [1.165, 1.54) is 12.5 Å². The third kappa shape index (κ3) is 3.55. The molecule has 10 heteroatoms. The highest BCUT2D eigenvalue weighted by Crippen LogP contribution is 2.42. The van der Waals surface area contributed by atoms with Crippen LogP contribution in [0.1, 0.15) is 43.9 Å². The first-order valence-electron chi connectivity index (χ1n) is 10.8. The Balaban J connectivity index is 1.38. The van der Waals surface area contributed by atoms with Gasteiger partial charge in [0.25, 0.3) is 0 Å². The molecule has 1 fully saturated rings. The minimum Gasteiger partial charge on any atom is -0.397 e. The Bertz CT molecular complexity index is 1260. The molecular weight excluding hydrogens is 428 g/mol. The van der Waals surface area contributed by atoms with Crippen LogP contribution in [0.5, 0.6) is 0 Å². The topological polar surface area (TPSA) is 110 Å². The summed E-state index contributed by atoms with van der Waals surface area (Å²) >= 11 is 0. The molecule has 0 aliphatic carbocycles. The summed E-state index contributed by atoms with van der Waals surface area (Å²) in [7, 11) is 0. The van der Waals surface area contributed by atoms with Crippen molar-refractivity contribution in [1.82, 2.24) is 19.9 Å². The zero-order valence-electron chi connectivity index (χ0n) is 18.3. The molecule has 0 radical (unpaired) electrons. The van der Waals surface area contributed by atoms with Gasteiger partial charge in [0, 0.05) is 30.8 Å². The standard InChI is InChI=1S/C23H23F2N7O/c1-23(2)17-20(31-22(23)33)28-11-29-21(17)32-7-5-12(6-8-32)18-15(26)3-4-16(30-18)13-9-14(24)19(25)27-10-13/h3-4,9-12H,5-8,26H2,1-2H3,(H,28,29,31,33). The maximum Gasteiger partial charge on any atom is 0.248 e. The normalized spacial score (nSPS) is 17.7. The predicted octanol–water partition coefficient (Wildman–Crippen LogP) is 3.41. The number of nitrogen functional groups attached to an aromatic ring is 1. The number of anilines is 3. The third-order valence-electron chi connectivity index (χ3n) is 6.48. The molecule has 2 aliphatic heterocycles. The second kappa shape index (κ2) is 7.72. The highest BCUT2D eigenvalue weighted by atomic mass is 19.2. The third-order valence-corrected chi connectivity index (χ3v) is 6.48. The van der Waals surface area contributed by atoms with Gasteiger partial charge in [-0.05, 0) is 44.9 Å². The molecule has 0 aromatic carbocycles. The summed E-state index contributed by atoms with van der Waals surface area (Å²) in [4.78, 5) is 31.4. The van der Waals surface area contributed by atoms with E-state index in [2.05, 4.69) is 30.2 Å². The molecular formula is C23H23F2N7O. The van der Waals surface area contributed by atoms with Gasteiger partial charge in [-0.2, -0.15) is 4.39 Å². The maximum atomic E-state index is 13.6. The number of carbonyl (C=O) groups is 1. The number of pyridine rings is 2. The van der Waals surface area contributed by atoms with Crippen molar-refractivity contribution >= 4 is 23.2 Å². The fourth-order valence-corrected chi connectivity index (χ4v) is 4.56. The van der Waals surface area contributed by atoms with Gasteiger partial charge in [0.15, 0.2) is 5.82 Å². The van der Waals surface area contributed by atoms with Crippen LogP contribution in [0.2, 0.25) is 0 Å². The van der Waals surface area contributed by atoms with Crippen LogP contribution >= 0.6 is 0 Å². The quantitative estimate of drug-likeness (QED) is 0.587. The van der Waals surface area contributed by atoms with Crippen LogP contribution in [0.15, 0.2) is 30.7 Å². The Hall–Kier alpha value is -3.69. The number of piperidine rings is 1. The van der Waals surface area contributed by atoms with E-state index in [1.807, 2.05) is 13.8 Å². The first-order chi connectivity index (χ1) is 15.8. The molecule has 3 aromatic heterocycles. The van der Waals surface area contributed by atoms with E-state index in [4.69, 9.17) is 5.73 Å². The molecule has 0 saturated carbocycles. The summed E-state index contributed by atoms with van der Waals surface area (Å²) in [6, 6.07) is 4.50. The molecule has 5 heterocycles. The van der Waals surface area contributed by atoms with Gasteiger partial charge in [-0.1, -0.05) is 0 Å². The van der Waals surface area contributed by atoms with Crippen molar-refractivity contribution in [3.63, 3.8) is 0 Å². The average molecular weight is 451 g/mol. The fourth-order valence-electron chi connectivity index (χ4n) is 4.56. The van der Waals surface area contributed by atoms with Crippen LogP contribution in [-0.2, 0) is 10.2 Å². The number of nitrogens with two attached hydrogens (primary N) is 1. The first kappa shape index (κ1) is 21.2. The molecule has 0 bridgehead atoms. The van der Waals surface area contributed by atoms with E-state index < -0.39 is 17.2 Å². The molecule has 8 nitrogen and oxygen atoms in total. The summed E-state index contributed by atoms with van der Waals surface area (Å²) in [5.41, 5.74) is 8.53. The number of amides is 1. The Morgan fingerprint density at radius 2 is 1.91 bits per heavy atom. The van der Waals surface area contributed by atoms with Crippen LogP contribution in [0.4, 0.5) is 26.1 Å². The number of fused-ring (bicyclic) bond motifs is 1. The summed E-state index contributed by atoms with van der Waals surface area (Å²) in [6.45, 7) is 5.15. The molecule has 0 atom stereocenters. The summed E-state index contributed by atoms with van der Waals surface area (Å²) in [5, 5.41) is 2.84. The second-order valence-corrected chi connectivity index (χ2v) is 8.93. The predicted molar refractivity (Wildman–Crippen MR) is 120 cm³/mol.